The van der Waals surface area contributed by atoms with E-state index in [-0.39, 0.29) is 18.4 Å². The van der Waals surface area contributed by atoms with E-state index in [0.717, 1.165) is 13.0 Å². The minimum Gasteiger partial charge on any atom is -0.337 e. The Morgan fingerprint density at radius 1 is 1.32 bits per heavy atom. The topological polar surface area (TPSA) is 32.3 Å². The Kier molecular flexibility index (Phi) is 5.20. The van der Waals surface area contributed by atoms with Crippen LogP contribution in [-0.2, 0) is 0 Å². The van der Waals surface area contributed by atoms with Gasteiger partial charge in [-0.05, 0) is 13.0 Å². The number of likely N-dealkylation sites (N-methyl/N-ethyl adjacent to an activating group) is 1. The number of carbonyl (C=O) groups is 1. The highest BCUT2D eigenvalue weighted by Gasteiger charge is 2.28. The van der Waals surface area contributed by atoms with Gasteiger partial charge in [-0.25, -0.2) is 13.2 Å². The molecule has 0 radical (unpaired) electrons. The quantitative estimate of drug-likeness (QED) is 0.904. The van der Waals surface area contributed by atoms with Crippen molar-refractivity contribution < 1.29 is 18.0 Å². The summed E-state index contributed by atoms with van der Waals surface area (Å²) in [6.45, 7) is 1.35. The predicted octanol–water partition coefficient (Wildman–Crippen LogP) is 1.96. The van der Waals surface area contributed by atoms with E-state index in [1.165, 1.54) is 11.9 Å². The number of nitrogens with zero attached hydrogens (tertiary/aromatic N) is 1. The number of rotatable bonds is 2. The molecular formula is C12H14ClF3N2O. The van der Waals surface area contributed by atoms with Crippen molar-refractivity contribution in [2.75, 3.05) is 20.1 Å². The number of hydrogen-bond acceptors (Lipinski definition) is 2. The summed E-state index contributed by atoms with van der Waals surface area (Å²) in [6.07, 6.45) is 0.729. The van der Waals surface area contributed by atoms with Crippen molar-refractivity contribution in [3.05, 3.63) is 35.1 Å². The highest BCUT2D eigenvalue weighted by Crippen LogP contribution is 2.18. The number of carbonyl (C=O) groups excluding carboxylic acids is 1. The average molecular weight is 295 g/mol. The van der Waals surface area contributed by atoms with E-state index >= 15 is 0 Å². The second-order valence-electron chi connectivity index (χ2n) is 4.31. The lowest BCUT2D eigenvalue weighted by molar-refractivity contribution is 0.0733. The van der Waals surface area contributed by atoms with Crippen LogP contribution < -0.4 is 5.32 Å². The Balaban J connectivity index is 0.00000180. The largest absolute Gasteiger partial charge is 0.337 e. The molecule has 1 heterocycles. The lowest BCUT2D eigenvalue weighted by Gasteiger charge is -2.24. The molecule has 1 aliphatic rings. The molecule has 1 aromatic rings. The minimum atomic E-state index is -1.17. The zero-order valence-electron chi connectivity index (χ0n) is 10.3. The van der Waals surface area contributed by atoms with Crippen molar-refractivity contribution in [3.63, 3.8) is 0 Å². The van der Waals surface area contributed by atoms with Gasteiger partial charge in [0, 0.05) is 31.8 Å². The third kappa shape index (κ3) is 3.19. The molecule has 7 heteroatoms. The monoisotopic (exact) mass is 294 g/mol. The molecule has 0 bridgehead atoms. The molecule has 0 aromatic heterocycles. The van der Waals surface area contributed by atoms with Gasteiger partial charge in [0.2, 0.25) is 0 Å². The molecule has 1 N–H and O–H groups in total. The Labute approximate surface area is 115 Å². The molecule has 1 aliphatic heterocycles. The van der Waals surface area contributed by atoms with E-state index in [1.54, 1.807) is 0 Å². The first-order chi connectivity index (χ1) is 8.50. The Morgan fingerprint density at radius 3 is 2.37 bits per heavy atom. The number of hydrogen-bond donors (Lipinski definition) is 1. The molecule has 3 nitrogen and oxygen atoms in total. The van der Waals surface area contributed by atoms with E-state index in [2.05, 4.69) is 5.32 Å². The molecule has 1 unspecified atom stereocenters. The van der Waals surface area contributed by atoms with Gasteiger partial charge in [-0.1, -0.05) is 0 Å². The molecule has 0 spiro atoms. The molecule has 1 aromatic carbocycles. The minimum absolute atomic E-state index is 0. The summed E-state index contributed by atoms with van der Waals surface area (Å²) in [4.78, 5) is 13.3. The van der Waals surface area contributed by atoms with Crippen LogP contribution in [0.3, 0.4) is 0 Å². The van der Waals surface area contributed by atoms with Gasteiger partial charge in [-0.2, -0.15) is 0 Å². The second kappa shape index (κ2) is 6.25. The fourth-order valence-corrected chi connectivity index (χ4v) is 2.06. The fourth-order valence-electron chi connectivity index (χ4n) is 2.06. The van der Waals surface area contributed by atoms with Crippen LogP contribution in [0.25, 0.3) is 0 Å². The molecule has 106 valence electrons. The summed E-state index contributed by atoms with van der Waals surface area (Å²) in [7, 11) is 1.49. The van der Waals surface area contributed by atoms with E-state index in [1.807, 2.05) is 0 Å². The molecule has 0 saturated carbocycles. The average Bonchev–Trinajstić information content (AvgIpc) is 2.79. The van der Waals surface area contributed by atoms with Crippen LogP contribution in [0.15, 0.2) is 12.1 Å². The molecule has 2 rings (SSSR count). The number of nitrogens with one attached hydrogen (secondary N) is 1. The smallest absolute Gasteiger partial charge is 0.259 e. The summed E-state index contributed by atoms with van der Waals surface area (Å²) < 4.78 is 39.7. The summed E-state index contributed by atoms with van der Waals surface area (Å²) in [5.41, 5.74) is -0.703. The van der Waals surface area contributed by atoms with E-state index in [9.17, 15) is 18.0 Å². The van der Waals surface area contributed by atoms with Crippen LogP contribution in [-0.4, -0.2) is 37.0 Å². The van der Waals surface area contributed by atoms with Crippen LogP contribution in [0.2, 0.25) is 0 Å². The number of benzene rings is 1. The van der Waals surface area contributed by atoms with Gasteiger partial charge < -0.3 is 10.2 Å². The van der Waals surface area contributed by atoms with E-state index in [4.69, 9.17) is 0 Å². The first-order valence-corrected chi connectivity index (χ1v) is 5.63. The molecule has 1 saturated heterocycles. The predicted molar refractivity (Wildman–Crippen MR) is 66.9 cm³/mol. The summed E-state index contributed by atoms with van der Waals surface area (Å²) in [5, 5.41) is 3.06. The summed E-state index contributed by atoms with van der Waals surface area (Å²) in [5.74, 6) is -4.14. The Morgan fingerprint density at radius 2 is 1.89 bits per heavy atom. The van der Waals surface area contributed by atoms with Gasteiger partial charge >= 0.3 is 0 Å². The number of amides is 1. The van der Waals surface area contributed by atoms with Crippen LogP contribution in [0.4, 0.5) is 13.2 Å². The maximum absolute atomic E-state index is 13.5. The van der Waals surface area contributed by atoms with Crippen LogP contribution in [0, 0.1) is 17.5 Å². The van der Waals surface area contributed by atoms with Crippen molar-refractivity contribution in [3.8, 4) is 0 Å². The van der Waals surface area contributed by atoms with Gasteiger partial charge in [-0.15, -0.1) is 12.4 Å². The van der Waals surface area contributed by atoms with Crippen LogP contribution >= 0.6 is 12.4 Å². The van der Waals surface area contributed by atoms with Gasteiger partial charge in [0.1, 0.15) is 23.0 Å². The fraction of sp³-hybridized carbons (Fsp3) is 0.417. The number of halogens is 4. The summed E-state index contributed by atoms with van der Waals surface area (Å²) in [6, 6.07) is 0.926. The normalized spacial score (nSPS) is 18.0. The maximum atomic E-state index is 13.5. The molecule has 1 atom stereocenters. The standard InChI is InChI=1S/C12H13F3N2O.ClH/c1-17(8-2-3-16-6-8)12(18)11-9(14)4-7(13)5-10(11)15;/h4-5,8,16H,2-3,6H2,1H3;1H. The van der Waals surface area contributed by atoms with Crippen molar-refractivity contribution in [2.45, 2.75) is 12.5 Å². The van der Waals surface area contributed by atoms with Crippen molar-refractivity contribution in [2.24, 2.45) is 0 Å². The first-order valence-electron chi connectivity index (χ1n) is 5.63. The maximum Gasteiger partial charge on any atom is 0.259 e. The van der Waals surface area contributed by atoms with E-state index < -0.39 is 28.9 Å². The first kappa shape index (κ1) is 15.8. The van der Waals surface area contributed by atoms with Crippen LogP contribution in [0.1, 0.15) is 16.8 Å². The third-order valence-corrected chi connectivity index (χ3v) is 3.12. The zero-order chi connectivity index (χ0) is 13.3. The van der Waals surface area contributed by atoms with Crippen LogP contribution in [0.5, 0.6) is 0 Å². The van der Waals surface area contributed by atoms with Crippen molar-refractivity contribution in [1.29, 1.82) is 0 Å². The molecular weight excluding hydrogens is 281 g/mol. The molecule has 1 fully saturated rings. The van der Waals surface area contributed by atoms with Gasteiger partial charge in [0.15, 0.2) is 0 Å². The SMILES string of the molecule is CN(C(=O)c1c(F)cc(F)cc1F)C1CCNC1.Cl. The van der Waals surface area contributed by atoms with E-state index in [0.29, 0.717) is 18.7 Å². The highest BCUT2D eigenvalue weighted by atomic mass is 35.5. The van der Waals surface area contributed by atoms with Crippen molar-refractivity contribution in [1.82, 2.24) is 10.2 Å². The third-order valence-electron chi connectivity index (χ3n) is 3.12. The highest BCUT2D eigenvalue weighted by molar-refractivity contribution is 5.94. The van der Waals surface area contributed by atoms with Gasteiger partial charge in [0.25, 0.3) is 5.91 Å². The summed E-state index contributed by atoms with van der Waals surface area (Å²) >= 11 is 0. The lowest BCUT2D eigenvalue weighted by Crippen LogP contribution is -2.39. The Bertz CT molecular complexity index is 455. The Hall–Kier alpha value is -1.27. The van der Waals surface area contributed by atoms with Gasteiger partial charge in [-0.3, -0.25) is 4.79 Å². The van der Waals surface area contributed by atoms with Crippen molar-refractivity contribution >= 4 is 18.3 Å². The molecule has 0 aliphatic carbocycles. The second-order valence-corrected chi connectivity index (χ2v) is 4.31. The lowest BCUT2D eigenvalue weighted by atomic mass is 10.1. The molecule has 19 heavy (non-hydrogen) atoms. The molecule has 1 amide bonds. The zero-order valence-corrected chi connectivity index (χ0v) is 11.1. The van der Waals surface area contributed by atoms with Gasteiger partial charge in [0.05, 0.1) is 0 Å².